The Hall–Kier alpha value is 0.259. The van der Waals surface area contributed by atoms with Gasteiger partial charge >= 0.3 is 46.7 Å². The minimum absolute atomic E-state index is 0.357. The van der Waals surface area contributed by atoms with Crippen molar-refractivity contribution in [2.24, 2.45) is 17.8 Å². The zero-order valence-electron chi connectivity index (χ0n) is 32.7. The van der Waals surface area contributed by atoms with E-state index in [4.69, 9.17) is 0 Å². The van der Waals surface area contributed by atoms with Crippen molar-refractivity contribution in [1.82, 2.24) is 0 Å². The van der Waals surface area contributed by atoms with Crippen molar-refractivity contribution in [3.8, 4) is 0 Å². The fourth-order valence-corrected chi connectivity index (χ4v) is 7.08. The zero-order chi connectivity index (χ0) is 38.7. The molecule has 6 nitrogen and oxygen atoms in total. The molecule has 50 heavy (non-hydrogen) atoms. The third-order valence-corrected chi connectivity index (χ3v) is 11.0. The number of rotatable bonds is 32. The number of carboxylic acids is 3. The van der Waals surface area contributed by atoms with E-state index in [1.165, 1.54) is 114 Å². The van der Waals surface area contributed by atoms with Crippen LogP contribution in [0.1, 0.15) is 195 Å². The number of aliphatic carboxylic acids is 3. The number of hydrogen-bond donors (Lipinski definition) is 3. The van der Waals surface area contributed by atoms with Crippen molar-refractivity contribution in [1.29, 1.82) is 0 Å². The molecule has 0 bridgehead atoms. The van der Waals surface area contributed by atoms with Crippen LogP contribution < -0.4 is 15.3 Å². The summed E-state index contributed by atoms with van der Waals surface area (Å²) in [7, 11) is 0. The molecule has 0 aromatic rings. The van der Waals surface area contributed by atoms with Gasteiger partial charge in [0.25, 0.3) is 0 Å². The van der Waals surface area contributed by atoms with Crippen LogP contribution in [0.2, 0.25) is 4.44 Å². The average molecular weight is 870 g/mol. The number of unbranched alkanes of at least 4 members (excludes halogenated alkanes) is 19. The summed E-state index contributed by atoms with van der Waals surface area (Å²) in [6.07, 6.45) is 30.6. The van der Waals surface area contributed by atoms with Gasteiger partial charge < -0.3 is 29.7 Å². The average Bonchev–Trinajstić information content (AvgIpc) is 3.09. The van der Waals surface area contributed by atoms with Crippen LogP contribution in [0.3, 0.4) is 0 Å². The van der Waals surface area contributed by atoms with Gasteiger partial charge in [0.15, 0.2) is 0 Å². The van der Waals surface area contributed by atoms with Crippen molar-refractivity contribution in [2.45, 2.75) is 199 Å². The second-order valence-corrected chi connectivity index (χ2v) is 16.0. The van der Waals surface area contributed by atoms with E-state index in [9.17, 15) is 29.7 Å². The molecule has 0 rings (SSSR count). The maximum absolute atomic E-state index is 10.6. The van der Waals surface area contributed by atoms with Gasteiger partial charge in [-0.05, 0) is 36.5 Å². The Morgan fingerprint density at radius 1 is 0.400 bits per heavy atom. The number of carbonyl (C=O) groups is 3. The number of hydrogen-bond acceptors (Lipinski definition) is 9. The third kappa shape index (κ3) is 48.3. The summed E-state index contributed by atoms with van der Waals surface area (Å²) in [5.74, 6) is -2.71. The molecule has 10 heteroatoms. The molecule has 0 aliphatic carbocycles. The van der Waals surface area contributed by atoms with E-state index in [0.717, 1.165) is 57.8 Å². The van der Waals surface area contributed by atoms with Gasteiger partial charge in [-0.3, -0.25) is 0 Å². The van der Waals surface area contributed by atoms with Crippen LogP contribution in [-0.4, -0.2) is 57.7 Å². The summed E-state index contributed by atoms with van der Waals surface area (Å²) < 4.78 is 1.43. The summed E-state index contributed by atoms with van der Waals surface area (Å²) in [6, 6.07) is 0. The molecule has 0 amide bonds. The molecule has 0 aliphatic rings. The summed E-state index contributed by atoms with van der Waals surface area (Å²) in [6.45, 7) is 8.84. The minimum atomic E-state index is -0.948. The second-order valence-electron chi connectivity index (χ2n) is 13.4. The molecule has 0 N–H and O–H groups in total. The Morgan fingerprint density at radius 3 is 0.740 bits per heavy atom. The first-order valence-electron chi connectivity index (χ1n) is 20.2. The van der Waals surface area contributed by atoms with Crippen LogP contribution in [-0.2, 0) is 14.4 Å². The van der Waals surface area contributed by atoms with Gasteiger partial charge in [-0.1, -0.05) is 156 Å². The molecule has 0 radical (unpaired) electrons. The molecule has 0 fully saturated rings. The van der Waals surface area contributed by atoms with E-state index in [1.807, 2.05) is 0 Å². The normalized spacial score (nSPS) is 12.3. The molecule has 0 heterocycles. The van der Waals surface area contributed by atoms with E-state index < -0.39 is 17.9 Å². The van der Waals surface area contributed by atoms with Crippen LogP contribution in [0.5, 0.6) is 0 Å². The topological polar surface area (TPSA) is 120 Å². The van der Waals surface area contributed by atoms with E-state index in [1.54, 1.807) is 22.5 Å². The Kier molecular flexibility index (Phi) is 56.1. The zero-order valence-corrected chi connectivity index (χ0v) is 38.3. The van der Waals surface area contributed by atoms with E-state index >= 15 is 0 Å². The third-order valence-electron chi connectivity index (χ3n) is 8.66. The van der Waals surface area contributed by atoms with Gasteiger partial charge in [-0.15, -0.1) is 0 Å². The van der Waals surface area contributed by atoms with Gasteiger partial charge in [-0.2, -0.15) is 37.9 Å². The predicted octanol–water partition coefficient (Wildman–Crippen LogP) is 8.64. The molecule has 296 valence electrons. The Bertz CT molecular complexity index is 614. The first-order chi connectivity index (χ1) is 24.1. The van der Waals surface area contributed by atoms with Crippen molar-refractivity contribution >= 4 is 78.3 Å². The van der Waals surface area contributed by atoms with E-state index in [-0.39, 0.29) is 17.8 Å². The van der Waals surface area contributed by atoms with Crippen LogP contribution in [0, 0.1) is 17.8 Å². The molecule has 0 saturated heterocycles. The maximum atomic E-state index is 10.6. The fourth-order valence-electron chi connectivity index (χ4n) is 5.07. The summed E-state index contributed by atoms with van der Waals surface area (Å²) >= 11 is 13.7. The Balaban J connectivity index is -0.000000296. The van der Waals surface area contributed by atoms with Crippen molar-refractivity contribution < 1.29 is 29.7 Å². The van der Waals surface area contributed by atoms with Crippen LogP contribution in [0.4, 0.5) is 0 Å². The summed E-state index contributed by atoms with van der Waals surface area (Å²) in [5, 5.41) is 31.7. The fraction of sp³-hybridized carbons (Fsp3) is 0.925. The molecular weight excluding hydrogens is 791 g/mol. The van der Waals surface area contributed by atoms with Gasteiger partial charge in [0.2, 0.25) is 0 Å². The molecule has 0 spiro atoms. The quantitative estimate of drug-likeness (QED) is 0.0354. The molecular formula is C40H78O6S3Sn. The predicted molar refractivity (Wildman–Crippen MR) is 220 cm³/mol. The van der Waals surface area contributed by atoms with Gasteiger partial charge in [0.05, 0.1) is 0 Å². The first kappa shape index (κ1) is 57.0. The van der Waals surface area contributed by atoms with Crippen LogP contribution in [0.15, 0.2) is 0 Å². The Labute approximate surface area is 340 Å². The molecule has 0 aromatic heterocycles. The van der Waals surface area contributed by atoms with Crippen LogP contribution in [0.25, 0.3) is 0 Å². The summed E-state index contributed by atoms with van der Waals surface area (Å²) in [4.78, 5) is 31.7. The van der Waals surface area contributed by atoms with Crippen molar-refractivity contribution in [3.05, 3.63) is 0 Å². The number of carbonyl (C=O) groups excluding carboxylic acids is 3. The molecule has 0 aliphatic heterocycles. The van der Waals surface area contributed by atoms with Gasteiger partial charge in [0.1, 0.15) is 0 Å². The van der Waals surface area contributed by atoms with Crippen molar-refractivity contribution in [2.75, 3.05) is 17.3 Å². The second kappa shape index (κ2) is 49.3. The molecule has 3 unspecified atom stereocenters. The first-order valence-corrected chi connectivity index (χ1v) is 24.1. The SMILES string of the molecule is CCCCCCCCCC(CS)C(=O)[O-].CCCCCCCCCC(CS)C(=O)[O-].CCCCCCCCCC(CS)C(=O)[O-].CCC[CH2][Sn+3]. The molecule has 3 atom stereocenters. The summed E-state index contributed by atoms with van der Waals surface area (Å²) in [5.41, 5.74) is 0. The van der Waals surface area contributed by atoms with E-state index in [2.05, 4.69) is 65.6 Å². The number of carboxylic acid groups (broad SMARTS) is 3. The standard InChI is InChI=1S/3C12H24O2S.C4H9.Sn/c3*1-2-3-4-5-6-7-8-9-11(10-15)12(13)14;1-3-4-2;/h3*11,15H,2-10H2,1H3,(H,13,14);1,3-4H2,2H3;/q;;;;+3/p-3. The van der Waals surface area contributed by atoms with E-state index in [0.29, 0.717) is 17.3 Å². The van der Waals surface area contributed by atoms with Crippen LogP contribution >= 0.6 is 37.9 Å². The Morgan fingerprint density at radius 2 is 0.600 bits per heavy atom. The monoisotopic (exact) mass is 870 g/mol. The molecule has 0 saturated carbocycles. The number of thiol groups is 3. The van der Waals surface area contributed by atoms with Gasteiger partial charge in [0, 0.05) is 35.7 Å². The van der Waals surface area contributed by atoms with Gasteiger partial charge in [-0.25, -0.2) is 0 Å². The molecule has 0 aromatic carbocycles. The van der Waals surface area contributed by atoms with Crippen molar-refractivity contribution in [3.63, 3.8) is 0 Å².